The van der Waals surface area contributed by atoms with E-state index in [2.05, 4.69) is 0 Å². The van der Waals surface area contributed by atoms with Crippen molar-refractivity contribution in [3.05, 3.63) is 29.8 Å². The minimum Gasteiger partial charge on any atom is -0.183 e. The van der Waals surface area contributed by atoms with Crippen LogP contribution in [0.15, 0.2) is 24.3 Å². The molecule has 0 aliphatic heterocycles. The highest BCUT2D eigenvalue weighted by Gasteiger charge is 2.30. The van der Waals surface area contributed by atoms with E-state index >= 15 is 0 Å². The monoisotopic (exact) mass is 214 g/mol. The van der Waals surface area contributed by atoms with E-state index in [1.165, 1.54) is 0 Å². The van der Waals surface area contributed by atoms with Crippen LogP contribution in [0.5, 0.6) is 0 Å². The fourth-order valence-electron chi connectivity index (χ4n) is 0.763. The molecule has 0 saturated carbocycles. The lowest BCUT2D eigenvalue weighted by molar-refractivity contribution is -0.137. The fraction of sp³-hybridized carbons (Fsp3) is 0.143. The molecule has 0 unspecified atom stereocenters. The summed E-state index contributed by atoms with van der Waals surface area (Å²) in [4.78, 5) is 0. The second kappa shape index (κ2) is 3.58. The molecular weight excluding hydrogens is 210 g/mol. The maximum atomic E-state index is 12.0. The summed E-state index contributed by atoms with van der Waals surface area (Å²) in [7, 11) is -3.31. The zero-order valence-corrected chi connectivity index (χ0v) is 7.04. The molecule has 0 aliphatic carbocycles. The van der Waals surface area contributed by atoms with E-state index in [0.717, 1.165) is 12.1 Å². The van der Waals surface area contributed by atoms with Crippen molar-refractivity contribution in [3.8, 4) is 0 Å². The van der Waals surface area contributed by atoms with Gasteiger partial charge in [-0.1, -0.05) is 0 Å². The first-order chi connectivity index (χ1) is 5.91. The molecule has 0 aliphatic rings. The quantitative estimate of drug-likeness (QED) is 0.495. The third-order valence-corrected chi connectivity index (χ3v) is 2.08. The summed E-state index contributed by atoms with van der Waals surface area (Å²) < 4.78 is 59.8. The van der Waals surface area contributed by atoms with Crippen LogP contribution in [-0.2, 0) is 6.18 Å². The zero-order valence-electron chi connectivity index (χ0n) is 6.15. The number of hydrogen-bond donors (Lipinski definition) is 0. The van der Waals surface area contributed by atoms with E-state index in [4.69, 9.17) is 0 Å². The van der Waals surface area contributed by atoms with Crippen LogP contribution in [0.1, 0.15) is 5.56 Å². The van der Waals surface area contributed by atoms with Crippen molar-refractivity contribution in [2.45, 2.75) is 6.18 Å². The molecular formula is C7H4F5P. The first-order valence-electron chi connectivity index (χ1n) is 3.20. The molecule has 0 aromatic heterocycles. The van der Waals surface area contributed by atoms with Crippen LogP contribution >= 0.6 is 8.54 Å². The van der Waals surface area contributed by atoms with Crippen molar-refractivity contribution in [2.24, 2.45) is 0 Å². The molecule has 1 aromatic rings. The van der Waals surface area contributed by atoms with Gasteiger partial charge in [-0.25, -0.2) is 0 Å². The average Bonchev–Trinajstić information content (AvgIpc) is 2.03. The largest absolute Gasteiger partial charge is 0.416 e. The van der Waals surface area contributed by atoms with Crippen molar-refractivity contribution in [1.82, 2.24) is 0 Å². The van der Waals surface area contributed by atoms with Crippen LogP contribution in [0, 0.1) is 0 Å². The minimum atomic E-state index is -4.46. The van der Waals surface area contributed by atoms with Crippen LogP contribution in [0.25, 0.3) is 0 Å². The number of rotatable bonds is 1. The van der Waals surface area contributed by atoms with Crippen molar-refractivity contribution in [2.75, 3.05) is 0 Å². The Morgan fingerprint density at radius 2 is 1.38 bits per heavy atom. The highest BCUT2D eigenvalue weighted by Crippen LogP contribution is 2.38. The number of halogens is 5. The lowest BCUT2D eigenvalue weighted by Crippen LogP contribution is -2.06. The SMILES string of the molecule is FP(F)c1ccc(C(F)(F)F)cc1. The Hall–Kier alpha value is -0.700. The molecule has 0 saturated heterocycles. The van der Waals surface area contributed by atoms with E-state index in [1.807, 2.05) is 0 Å². The van der Waals surface area contributed by atoms with E-state index in [0.29, 0.717) is 12.1 Å². The highest BCUT2D eigenvalue weighted by atomic mass is 31.2. The zero-order chi connectivity index (χ0) is 10.1. The third kappa shape index (κ3) is 2.62. The first-order valence-corrected chi connectivity index (χ1v) is 4.32. The normalized spacial score (nSPS) is 12.2. The van der Waals surface area contributed by atoms with Gasteiger partial charge in [0, 0.05) is 5.30 Å². The molecule has 0 radical (unpaired) electrons. The summed E-state index contributed by atoms with van der Waals surface area (Å²) in [5.74, 6) is 0. The summed E-state index contributed by atoms with van der Waals surface area (Å²) in [6.07, 6.45) is -4.46. The second-order valence-electron chi connectivity index (χ2n) is 2.28. The Morgan fingerprint density at radius 1 is 0.923 bits per heavy atom. The number of alkyl halides is 3. The summed E-state index contributed by atoms with van der Waals surface area (Å²) in [6.45, 7) is 0. The molecule has 1 aromatic carbocycles. The van der Waals surface area contributed by atoms with E-state index in [1.54, 1.807) is 0 Å². The molecule has 0 heterocycles. The number of benzene rings is 1. The van der Waals surface area contributed by atoms with Crippen LogP contribution in [0.4, 0.5) is 21.6 Å². The predicted octanol–water partition coefficient (Wildman–Crippen LogP) is 3.58. The second-order valence-corrected chi connectivity index (χ2v) is 3.26. The van der Waals surface area contributed by atoms with Crippen LogP contribution in [-0.4, -0.2) is 0 Å². The van der Waals surface area contributed by atoms with Crippen LogP contribution in [0.2, 0.25) is 0 Å². The Labute approximate surface area is 72.4 Å². The molecule has 0 atom stereocenters. The molecule has 0 N–H and O–H groups in total. The standard InChI is InChI=1S/C7H4F5P/c8-7(9,10)5-1-3-6(4-2-5)13(11)12/h1-4H. The van der Waals surface area contributed by atoms with E-state index in [-0.39, 0.29) is 5.30 Å². The molecule has 0 spiro atoms. The summed E-state index contributed by atoms with van der Waals surface area (Å²) >= 11 is 0. The number of hydrogen-bond acceptors (Lipinski definition) is 0. The molecule has 72 valence electrons. The smallest absolute Gasteiger partial charge is 0.183 e. The lowest BCUT2D eigenvalue weighted by Gasteiger charge is -2.06. The van der Waals surface area contributed by atoms with Gasteiger partial charge in [-0.2, -0.15) is 21.6 Å². The van der Waals surface area contributed by atoms with Gasteiger partial charge in [0.2, 0.25) is 0 Å². The van der Waals surface area contributed by atoms with E-state index in [9.17, 15) is 21.6 Å². The van der Waals surface area contributed by atoms with Gasteiger partial charge in [0.1, 0.15) is 0 Å². The van der Waals surface area contributed by atoms with Gasteiger partial charge in [0.25, 0.3) is 8.54 Å². The molecule has 13 heavy (non-hydrogen) atoms. The van der Waals surface area contributed by atoms with Crippen LogP contribution < -0.4 is 5.30 Å². The minimum absolute atomic E-state index is 0.344. The van der Waals surface area contributed by atoms with Gasteiger partial charge in [0.05, 0.1) is 5.56 Å². The van der Waals surface area contributed by atoms with Gasteiger partial charge in [-0.05, 0) is 24.3 Å². The molecule has 0 fully saturated rings. The molecule has 1 rings (SSSR count). The summed E-state index contributed by atoms with van der Waals surface area (Å²) in [5, 5.41) is -0.344. The predicted molar refractivity (Wildman–Crippen MR) is 40.2 cm³/mol. The van der Waals surface area contributed by atoms with E-state index < -0.39 is 20.3 Å². The average molecular weight is 214 g/mol. The van der Waals surface area contributed by atoms with Crippen molar-refractivity contribution in [3.63, 3.8) is 0 Å². The summed E-state index contributed by atoms with van der Waals surface area (Å²) in [6, 6.07) is 2.91. The Morgan fingerprint density at radius 3 is 1.69 bits per heavy atom. The fourth-order valence-corrected chi connectivity index (χ4v) is 1.14. The van der Waals surface area contributed by atoms with Crippen molar-refractivity contribution in [1.29, 1.82) is 0 Å². The van der Waals surface area contributed by atoms with Gasteiger partial charge >= 0.3 is 6.18 Å². The van der Waals surface area contributed by atoms with Crippen LogP contribution in [0.3, 0.4) is 0 Å². The lowest BCUT2D eigenvalue weighted by atomic mass is 10.2. The van der Waals surface area contributed by atoms with Gasteiger partial charge in [-0.15, -0.1) is 0 Å². The Balaban J connectivity index is 2.94. The highest BCUT2D eigenvalue weighted by molar-refractivity contribution is 7.55. The molecule has 6 heteroatoms. The molecule has 0 bridgehead atoms. The van der Waals surface area contributed by atoms with Gasteiger partial charge < -0.3 is 0 Å². The third-order valence-electron chi connectivity index (χ3n) is 1.39. The first kappa shape index (κ1) is 10.4. The van der Waals surface area contributed by atoms with Crippen molar-refractivity contribution < 1.29 is 21.6 Å². The molecule has 0 nitrogen and oxygen atoms in total. The topological polar surface area (TPSA) is 0 Å². The van der Waals surface area contributed by atoms with Gasteiger partial charge in [-0.3, -0.25) is 0 Å². The maximum absolute atomic E-state index is 12.0. The summed E-state index contributed by atoms with van der Waals surface area (Å²) in [5.41, 5.74) is -0.909. The van der Waals surface area contributed by atoms with Gasteiger partial charge in [0.15, 0.2) is 0 Å². The molecule has 0 amide bonds. The van der Waals surface area contributed by atoms with Crippen molar-refractivity contribution >= 4 is 13.8 Å². The maximum Gasteiger partial charge on any atom is 0.416 e. The Bertz CT molecular complexity index is 276. The Kier molecular flexibility index (Phi) is 2.86.